The van der Waals surface area contributed by atoms with E-state index in [4.69, 9.17) is 18.5 Å². The number of rotatable bonds is 72. The summed E-state index contributed by atoms with van der Waals surface area (Å²) in [7, 11) is 1.17. The van der Waals surface area contributed by atoms with Crippen molar-refractivity contribution in [2.45, 2.75) is 354 Å². The molecule has 542 valence electrons. The van der Waals surface area contributed by atoms with Crippen molar-refractivity contribution in [1.82, 2.24) is 0 Å². The average molecular weight is 1330 g/mol. The minimum Gasteiger partial charge on any atom is -0.756 e. The molecule has 0 saturated heterocycles. The molecule has 94 heavy (non-hydrogen) atoms. The number of carbonyl (C=O) groups is 2. The van der Waals surface area contributed by atoms with Crippen LogP contribution in [0.4, 0.5) is 0 Å². The highest BCUT2D eigenvalue weighted by atomic mass is 31.2. The highest BCUT2D eigenvalue weighted by Gasteiger charge is 2.22. The van der Waals surface area contributed by atoms with Crippen LogP contribution in [0, 0.1) is 0 Å². The molecule has 0 fully saturated rings. The highest BCUT2D eigenvalue weighted by Crippen LogP contribution is 2.38. The van der Waals surface area contributed by atoms with Gasteiger partial charge in [-0.3, -0.25) is 14.2 Å². The van der Waals surface area contributed by atoms with Gasteiger partial charge in [0.1, 0.15) is 19.8 Å². The standard InChI is InChI=1S/C84H148NO8P/c1-6-8-10-12-14-16-18-20-22-24-26-28-30-32-34-36-37-38-39-40-41-42-43-44-45-46-47-49-51-53-55-57-59-61-63-65-67-69-71-73-75-77-84(87)93-82(81-92-94(88,89)91-79-78-85(3,4)5)80-90-83(86)76-74-72-70-68-66-64-62-60-58-56-54-52-50-48-35-33-31-29-27-25-23-21-19-17-15-13-11-9-7-2/h8,10,14,16,20,22,25-28,32,34,37-38,40-41,43-44,46-47,82H,6-7,9,11-13,15,17-19,21,23-24,29-31,33,35-36,39,42,45,48-81H2,1-5H3/b10-8-,16-14-,22-20-,27-25-,28-26-,34-32-,38-37-,41-40-,44-43-,47-46-. The van der Waals surface area contributed by atoms with Gasteiger partial charge in [0.15, 0.2) is 6.10 Å². The summed E-state index contributed by atoms with van der Waals surface area (Å²) in [6.45, 7) is 4.16. The lowest BCUT2D eigenvalue weighted by atomic mass is 10.0. The van der Waals surface area contributed by atoms with Gasteiger partial charge in [-0.05, 0) is 109 Å². The summed E-state index contributed by atoms with van der Waals surface area (Å²) < 4.78 is 34.4. The van der Waals surface area contributed by atoms with Crippen LogP contribution in [0.15, 0.2) is 122 Å². The molecule has 0 saturated carbocycles. The fourth-order valence-electron chi connectivity index (χ4n) is 11.0. The molecule has 0 aromatic rings. The number of unbranched alkanes of at least 4 members (excludes halogenated alkanes) is 38. The summed E-state index contributed by atoms with van der Waals surface area (Å²) in [6.07, 6.45) is 106. The Morgan fingerprint density at radius 3 is 0.915 bits per heavy atom. The number of quaternary nitrogens is 1. The van der Waals surface area contributed by atoms with Gasteiger partial charge in [-0.15, -0.1) is 0 Å². The van der Waals surface area contributed by atoms with Gasteiger partial charge < -0.3 is 27.9 Å². The van der Waals surface area contributed by atoms with Gasteiger partial charge >= 0.3 is 11.9 Å². The third kappa shape index (κ3) is 77.4. The van der Waals surface area contributed by atoms with Crippen LogP contribution < -0.4 is 4.89 Å². The predicted octanol–water partition coefficient (Wildman–Crippen LogP) is 25.5. The number of nitrogens with zero attached hydrogens (tertiary/aromatic N) is 1. The maximum Gasteiger partial charge on any atom is 0.306 e. The number of likely N-dealkylation sites (N-methyl/N-ethyl adjacent to an activating group) is 1. The first-order chi connectivity index (χ1) is 46.0. The van der Waals surface area contributed by atoms with Crippen molar-refractivity contribution >= 4 is 19.8 Å². The fraction of sp³-hybridized carbons (Fsp3) is 0.738. The van der Waals surface area contributed by atoms with E-state index in [-0.39, 0.29) is 32.0 Å². The van der Waals surface area contributed by atoms with Crippen molar-refractivity contribution < 1.29 is 42.1 Å². The lowest BCUT2D eigenvalue weighted by Crippen LogP contribution is -2.37. The topological polar surface area (TPSA) is 111 Å². The molecular weight excluding hydrogens is 1180 g/mol. The summed E-state index contributed by atoms with van der Waals surface area (Å²) >= 11 is 0. The van der Waals surface area contributed by atoms with Gasteiger partial charge in [-0.2, -0.15) is 0 Å². The first-order valence-electron chi connectivity index (χ1n) is 39.2. The molecule has 2 atom stereocenters. The van der Waals surface area contributed by atoms with Gasteiger partial charge in [0.05, 0.1) is 27.7 Å². The quantitative estimate of drug-likeness (QED) is 0.0195. The number of phosphoric ester groups is 1. The zero-order chi connectivity index (χ0) is 68.3. The Morgan fingerprint density at radius 2 is 0.606 bits per heavy atom. The zero-order valence-corrected chi connectivity index (χ0v) is 62.8. The fourth-order valence-corrected chi connectivity index (χ4v) is 11.7. The third-order valence-corrected chi connectivity index (χ3v) is 17.9. The molecule has 0 aromatic heterocycles. The summed E-state index contributed by atoms with van der Waals surface area (Å²) in [5.41, 5.74) is 0. The number of esters is 2. The largest absolute Gasteiger partial charge is 0.756 e. The van der Waals surface area contributed by atoms with Gasteiger partial charge in [-0.25, -0.2) is 0 Å². The molecule has 0 rings (SSSR count). The second-order valence-electron chi connectivity index (χ2n) is 27.3. The van der Waals surface area contributed by atoms with Crippen molar-refractivity contribution in [1.29, 1.82) is 0 Å². The van der Waals surface area contributed by atoms with Gasteiger partial charge in [0.25, 0.3) is 7.82 Å². The van der Waals surface area contributed by atoms with Crippen LogP contribution in [0.25, 0.3) is 0 Å². The van der Waals surface area contributed by atoms with Crippen LogP contribution in [-0.4, -0.2) is 70.0 Å². The average Bonchev–Trinajstić information content (AvgIpc) is 1.57. The molecule has 0 radical (unpaired) electrons. The summed E-state index contributed by atoms with van der Waals surface area (Å²) in [5, 5.41) is 0. The molecule has 2 unspecified atom stereocenters. The highest BCUT2D eigenvalue weighted by molar-refractivity contribution is 7.45. The van der Waals surface area contributed by atoms with E-state index in [9.17, 15) is 19.0 Å². The molecule has 10 heteroatoms. The molecule has 0 N–H and O–H groups in total. The van der Waals surface area contributed by atoms with Crippen LogP contribution in [0.3, 0.4) is 0 Å². The minimum absolute atomic E-state index is 0.0336. The molecule has 0 aliphatic rings. The van der Waals surface area contributed by atoms with E-state index in [0.717, 1.165) is 96.3 Å². The van der Waals surface area contributed by atoms with E-state index in [1.165, 1.54) is 218 Å². The Bertz CT molecular complexity index is 2010. The molecule has 0 bridgehead atoms. The zero-order valence-electron chi connectivity index (χ0n) is 61.9. The lowest BCUT2D eigenvalue weighted by molar-refractivity contribution is -0.870. The number of hydrogen-bond donors (Lipinski definition) is 0. The normalized spacial score (nSPS) is 13.7. The third-order valence-electron chi connectivity index (χ3n) is 17.0. The molecule has 0 aromatic carbocycles. The Kier molecular flexibility index (Phi) is 70.8. The lowest BCUT2D eigenvalue weighted by Gasteiger charge is -2.28. The molecule has 0 amide bonds. The number of ether oxygens (including phenoxy) is 2. The number of phosphoric acid groups is 1. The van der Waals surface area contributed by atoms with Gasteiger partial charge in [0.2, 0.25) is 0 Å². The van der Waals surface area contributed by atoms with Crippen molar-refractivity contribution in [3.63, 3.8) is 0 Å². The van der Waals surface area contributed by atoms with Gasteiger partial charge in [-0.1, -0.05) is 347 Å². The van der Waals surface area contributed by atoms with Crippen LogP contribution in [0.1, 0.15) is 348 Å². The van der Waals surface area contributed by atoms with Crippen LogP contribution >= 0.6 is 7.82 Å². The van der Waals surface area contributed by atoms with Crippen LogP contribution in [0.5, 0.6) is 0 Å². The smallest absolute Gasteiger partial charge is 0.306 e. The first-order valence-corrected chi connectivity index (χ1v) is 40.7. The van der Waals surface area contributed by atoms with Crippen LogP contribution in [-0.2, 0) is 32.7 Å². The first kappa shape index (κ1) is 90.4. The van der Waals surface area contributed by atoms with E-state index in [2.05, 4.69) is 135 Å². The maximum absolute atomic E-state index is 12.9. The van der Waals surface area contributed by atoms with E-state index in [0.29, 0.717) is 17.4 Å². The number of carbonyl (C=O) groups excluding carboxylic acids is 2. The molecular formula is C84H148NO8P. The minimum atomic E-state index is -4.65. The maximum atomic E-state index is 12.9. The van der Waals surface area contributed by atoms with Crippen LogP contribution in [0.2, 0.25) is 0 Å². The van der Waals surface area contributed by atoms with Crippen molar-refractivity contribution in [3.05, 3.63) is 122 Å². The molecule has 0 aliphatic carbocycles. The molecule has 0 spiro atoms. The Hall–Kier alpha value is -3.59. The molecule has 9 nitrogen and oxygen atoms in total. The summed E-state index contributed by atoms with van der Waals surface area (Å²) in [4.78, 5) is 38.2. The number of allylic oxidation sites excluding steroid dienone is 20. The monoisotopic (exact) mass is 1330 g/mol. The van der Waals surface area contributed by atoms with E-state index in [1.807, 2.05) is 21.1 Å². The van der Waals surface area contributed by atoms with Crippen molar-refractivity contribution in [2.24, 2.45) is 0 Å². The SMILES string of the molecule is CC/C=C\C/C=C\C/C=C\C/C=C\C/C=C\C/C=C\C/C=C\C/C=C\C/C=C\CCCCCCCCCCCCCCCC(=O)OC(COC(=O)CCCCCCCCCCCCCCCCCCC/C=C\CCCCCCCCCC)COP(=O)([O-])OCC[N+](C)(C)C. The molecule has 0 aliphatic heterocycles. The Balaban J connectivity index is 4.00. The Labute approximate surface area is 581 Å². The number of hydrogen-bond acceptors (Lipinski definition) is 8. The second-order valence-corrected chi connectivity index (χ2v) is 28.8. The summed E-state index contributed by atoms with van der Waals surface area (Å²) in [6, 6.07) is 0. The van der Waals surface area contributed by atoms with E-state index >= 15 is 0 Å². The van der Waals surface area contributed by atoms with Crippen molar-refractivity contribution in [3.8, 4) is 0 Å². The van der Waals surface area contributed by atoms with E-state index in [1.54, 1.807) is 0 Å². The molecule has 0 heterocycles. The second kappa shape index (κ2) is 73.7. The Morgan fingerprint density at radius 1 is 0.340 bits per heavy atom. The van der Waals surface area contributed by atoms with Crippen molar-refractivity contribution in [2.75, 3.05) is 47.5 Å². The predicted molar refractivity (Wildman–Crippen MR) is 406 cm³/mol. The summed E-state index contributed by atoms with van der Waals surface area (Å²) in [5.74, 6) is -0.825. The van der Waals surface area contributed by atoms with Gasteiger partial charge in [0, 0.05) is 12.8 Å². The van der Waals surface area contributed by atoms with E-state index < -0.39 is 26.5 Å².